The van der Waals surface area contributed by atoms with E-state index in [1.165, 1.54) is 30.3 Å². The number of amides is 4. The number of aryl methyl sites for hydroxylation is 2. The van der Waals surface area contributed by atoms with E-state index in [1.54, 1.807) is 19.9 Å². The van der Waals surface area contributed by atoms with Crippen molar-refractivity contribution in [1.82, 2.24) is 46.9 Å². The van der Waals surface area contributed by atoms with Crippen LogP contribution in [0.3, 0.4) is 0 Å². The highest BCUT2D eigenvalue weighted by Gasteiger charge is 2.47. The SMILES string of the molecule is CCC(C)[C@H](NC(=O)Cc1ccccc1F)C(=O)N[C@]1(C(=O)N[C@H](C(=O)NCCCc2nnn[nH]2)C(C)CC)CCc2[nH]c3c(C(F)(F)F)cccc3c2C1. The number of carbonyl (C=O) groups excluding carboxylic acids is 4. The number of nitrogens with zero attached hydrogens (tertiary/aromatic N) is 3. The van der Waals surface area contributed by atoms with E-state index in [0.29, 0.717) is 42.8 Å². The Balaban J connectivity index is 1.45. The molecule has 0 radical (unpaired) electrons. The van der Waals surface area contributed by atoms with E-state index < -0.39 is 64.7 Å². The molecule has 6 N–H and O–H groups in total. The summed E-state index contributed by atoms with van der Waals surface area (Å²) in [6, 6.07) is 7.42. The van der Waals surface area contributed by atoms with Crippen LogP contribution in [0.15, 0.2) is 42.5 Å². The average molecular weight is 770 g/mol. The zero-order valence-electron chi connectivity index (χ0n) is 31.2. The van der Waals surface area contributed by atoms with E-state index in [4.69, 9.17) is 0 Å². The number of halogens is 4. The van der Waals surface area contributed by atoms with E-state index in [2.05, 4.69) is 46.9 Å². The number of para-hydroxylation sites is 1. The molecule has 55 heavy (non-hydrogen) atoms. The monoisotopic (exact) mass is 769 g/mol. The quantitative estimate of drug-likeness (QED) is 0.0727. The summed E-state index contributed by atoms with van der Waals surface area (Å²) in [5.74, 6) is -3.25. The summed E-state index contributed by atoms with van der Waals surface area (Å²) in [7, 11) is 0. The summed E-state index contributed by atoms with van der Waals surface area (Å²) in [4.78, 5) is 58.7. The van der Waals surface area contributed by atoms with Crippen molar-refractivity contribution in [3.05, 3.63) is 76.5 Å². The molecule has 0 fully saturated rings. The molecule has 1 aliphatic rings. The van der Waals surface area contributed by atoms with Crippen LogP contribution in [-0.4, -0.2) is 73.4 Å². The maximum absolute atomic E-state index is 14.7. The van der Waals surface area contributed by atoms with Crippen LogP contribution in [0, 0.1) is 17.7 Å². The maximum atomic E-state index is 14.7. The normalized spacial score (nSPS) is 17.7. The molecule has 2 aromatic carbocycles. The smallest absolute Gasteiger partial charge is 0.358 e. The zero-order valence-corrected chi connectivity index (χ0v) is 31.2. The van der Waals surface area contributed by atoms with E-state index in [0.717, 1.165) is 6.07 Å². The predicted octanol–water partition coefficient (Wildman–Crippen LogP) is 4.24. The molecule has 2 heterocycles. The molecule has 5 rings (SSSR count). The first-order chi connectivity index (χ1) is 26.2. The summed E-state index contributed by atoms with van der Waals surface area (Å²) in [6.07, 6.45) is -3.17. The highest BCUT2D eigenvalue weighted by Crippen LogP contribution is 2.40. The van der Waals surface area contributed by atoms with E-state index in [-0.39, 0.29) is 54.6 Å². The maximum Gasteiger partial charge on any atom is 0.418 e. The summed E-state index contributed by atoms with van der Waals surface area (Å²) in [5, 5.41) is 25.2. The molecule has 0 aliphatic heterocycles. The van der Waals surface area contributed by atoms with Gasteiger partial charge in [0.25, 0.3) is 0 Å². The van der Waals surface area contributed by atoms with E-state index in [9.17, 15) is 36.7 Å². The Labute approximate surface area is 315 Å². The van der Waals surface area contributed by atoms with Crippen molar-refractivity contribution in [1.29, 1.82) is 0 Å². The Morgan fingerprint density at radius 2 is 1.65 bits per heavy atom. The number of tetrazole rings is 1. The van der Waals surface area contributed by atoms with Gasteiger partial charge in [-0.3, -0.25) is 19.2 Å². The molecule has 2 aromatic heterocycles. The fraction of sp³-hybridized carbons (Fsp3) is 0.500. The standard InChI is InChI=1S/C38H47F4N9O4/c1-5-21(3)31(34(53)43-18-10-15-29-48-50-51-49-29)46-36(55)37(17-16-28-25(20-37)24-12-9-13-26(33(24)44-28)38(40,41)42)47-35(54)32(22(4)6-2)45-30(52)19-23-11-7-8-14-27(23)39/h7-9,11-14,21-22,31-32,44H,5-6,10,15-20H2,1-4H3,(H,43,53)(H,45,52)(H,46,55)(H,47,54)(H,48,49,50,51)/t21?,22?,31-,32-,37+/m0/s1. The van der Waals surface area contributed by atoms with E-state index in [1.807, 2.05) is 13.8 Å². The molecule has 17 heteroatoms. The third kappa shape index (κ3) is 9.49. The highest BCUT2D eigenvalue weighted by molar-refractivity contribution is 5.98. The lowest BCUT2D eigenvalue weighted by Crippen LogP contribution is -2.67. The van der Waals surface area contributed by atoms with Gasteiger partial charge in [-0.15, -0.1) is 5.10 Å². The molecule has 0 saturated heterocycles. The first kappa shape index (κ1) is 40.8. The van der Waals surface area contributed by atoms with Gasteiger partial charge < -0.3 is 26.3 Å². The molecule has 4 amide bonds. The van der Waals surface area contributed by atoms with Gasteiger partial charge in [0.1, 0.15) is 29.3 Å². The minimum atomic E-state index is -4.65. The zero-order chi connectivity index (χ0) is 39.9. The third-order valence-corrected chi connectivity index (χ3v) is 10.6. The second-order valence-electron chi connectivity index (χ2n) is 14.3. The number of hydrogen-bond donors (Lipinski definition) is 6. The van der Waals surface area contributed by atoms with Crippen molar-refractivity contribution in [2.24, 2.45) is 11.8 Å². The summed E-state index contributed by atoms with van der Waals surface area (Å²) in [6.45, 7) is 7.50. The fourth-order valence-corrected chi connectivity index (χ4v) is 6.96. The molecule has 2 unspecified atom stereocenters. The summed E-state index contributed by atoms with van der Waals surface area (Å²) >= 11 is 0. The Morgan fingerprint density at radius 3 is 2.31 bits per heavy atom. The predicted molar refractivity (Wildman–Crippen MR) is 195 cm³/mol. The van der Waals surface area contributed by atoms with Crippen molar-refractivity contribution in [3.63, 3.8) is 0 Å². The van der Waals surface area contributed by atoms with Gasteiger partial charge in [0.2, 0.25) is 23.6 Å². The summed E-state index contributed by atoms with van der Waals surface area (Å²) in [5.41, 5.74) is -1.65. The molecule has 13 nitrogen and oxygen atoms in total. The van der Waals surface area contributed by atoms with Crippen LogP contribution in [0.2, 0.25) is 0 Å². The van der Waals surface area contributed by atoms with Crippen molar-refractivity contribution in [3.8, 4) is 0 Å². The van der Waals surface area contributed by atoms with Gasteiger partial charge in [-0.25, -0.2) is 9.49 Å². The molecule has 5 atom stereocenters. The second kappa shape index (κ2) is 17.4. The topological polar surface area (TPSA) is 187 Å². The van der Waals surface area contributed by atoms with Crippen LogP contribution in [0.5, 0.6) is 0 Å². The number of nitrogens with one attached hydrogen (secondary N) is 6. The van der Waals surface area contributed by atoms with Crippen LogP contribution in [0.1, 0.15) is 81.6 Å². The molecular formula is C38H47F4N9O4. The van der Waals surface area contributed by atoms with Crippen molar-refractivity contribution >= 4 is 34.5 Å². The van der Waals surface area contributed by atoms with Gasteiger partial charge in [0.05, 0.1) is 17.5 Å². The minimum absolute atomic E-state index is 0.0256. The summed E-state index contributed by atoms with van der Waals surface area (Å²) < 4.78 is 56.6. The highest BCUT2D eigenvalue weighted by atomic mass is 19.4. The van der Waals surface area contributed by atoms with Gasteiger partial charge in [0.15, 0.2) is 0 Å². The number of carbonyl (C=O) groups is 4. The average Bonchev–Trinajstić information content (AvgIpc) is 3.82. The van der Waals surface area contributed by atoms with Crippen molar-refractivity contribution in [2.75, 3.05) is 6.54 Å². The van der Waals surface area contributed by atoms with Gasteiger partial charge in [-0.1, -0.05) is 70.9 Å². The fourth-order valence-electron chi connectivity index (χ4n) is 6.96. The molecule has 4 aromatic rings. The Morgan fingerprint density at radius 1 is 0.945 bits per heavy atom. The molecular weight excluding hydrogens is 722 g/mol. The lowest BCUT2D eigenvalue weighted by atomic mass is 9.78. The first-order valence-electron chi connectivity index (χ1n) is 18.5. The van der Waals surface area contributed by atoms with Crippen LogP contribution < -0.4 is 21.3 Å². The lowest BCUT2D eigenvalue weighted by molar-refractivity contribution is -0.139. The number of alkyl halides is 3. The third-order valence-electron chi connectivity index (χ3n) is 10.6. The Kier molecular flexibility index (Phi) is 12.9. The lowest BCUT2D eigenvalue weighted by Gasteiger charge is -2.39. The number of fused-ring (bicyclic) bond motifs is 3. The Hall–Kier alpha value is -5.35. The number of aromatic amines is 2. The Bertz CT molecular complexity index is 1980. The minimum Gasteiger partial charge on any atom is -0.358 e. The molecule has 0 saturated carbocycles. The van der Waals surface area contributed by atoms with Crippen LogP contribution in [0.4, 0.5) is 17.6 Å². The molecule has 0 spiro atoms. The van der Waals surface area contributed by atoms with Gasteiger partial charge >= 0.3 is 6.18 Å². The number of benzene rings is 2. The first-order valence-corrected chi connectivity index (χ1v) is 18.5. The van der Waals surface area contributed by atoms with Crippen LogP contribution in [0.25, 0.3) is 10.9 Å². The van der Waals surface area contributed by atoms with Crippen LogP contribution in [-0.2, 0) is 51.0 Å². The van der Waals surface area contributed by atoms with Crippen molar-refractivity contribution < 1.29 is 36.7 Å². The van der Waals surface area contributed by atoms with Crippen LogP contribution >= 0.6 is 0 Å². The number of H-pyrrole nitrogens is 2. The van der Waals surface area contributed by atoms with Crippen molar-refractivity contribution in [2.45, 2.75) is 103 Å². The molecule has 1 aliphatic carbocycles. The number of rotatable bonds is 16. The second-order valence-corrected chi connectivity index (χ2v) is 14.3. The molecule has 0 bridgehead atoms. The van der Waals surface area contributed by atoms with Gasteiger partial charge in [0, 0.05) is 30.5 Å². The largest absolute Gasteiger partial charge is 0.418 e. The molecule has 296 valence electrons. The van der Waals surface area contributed by atoms with E-state index >= 15 is 0 Å². The number of hydrogen-bond acceptors (Lipinski definition) is 7. The number of aromatic nitrogens is 5. The van der Waals surface area contributed by atoms with Gasteiger partial charge in [-0.2, -0.15) is 13.2 Å². The van der Waals surface area contributed by atoms with Gasteiger partial charge in [-0.05, 0) is 64.8 Å².